The Kier molecular flexibility index (Phi) is 3.30. The Labute approximate surface area is 112 Å². The van der Waals surface area contributed by atoms with Gasteiger partial charge in [-0.05, 0) is 44.0 Å². The summed E-state index contributed by atoms with van der Waals surface area (Å²) in [5.41, 5.74) is 2.80. The van der Waals surface area contributed by atoms with Crippen LogP contribution >= 0.6 is 0 Å². The van der Waals surface area contributed by atoms with E-state index < -0.39 is 0 Å². The van der Waals surface area contributed by atoms with E-state index in [2.05, 4.69) is 19.1 Å². The molecule has 2 aromatic rings. The number of pyridine rings is 1. The molecule has 3 rings (SSSR count). The topological polar surface area (TPSA) is 39.2 Å². The SMILES string of the molecule is C[C@H]1CC(c2ccc3cc(C=O)ccc3n2)CCO1. The fraction of sp³-hybridized carbons (Fsp3) is 0.375. The van der Waals surface area contributed by atoms with E-state index in [-0.39, 0.29) is 0 Å². The monoisotopic (exact) mass is 255 g/mol. The summed E-state index contributed by atoms with van der Waals surface area (Å²) in [7, 11) is 0. The number of aromatic nitrogens is 1. The molecule has 1 unspecified atom stereocenters. The van der Waals surface area contributed by atoms with E-state index in [1.165, 1.54) is 0 Å². The van der Waals surface area contributed by atoms with Gasteiger partial charge in [-0.25, -0.2) is 0 Å². The van der Waals surface area contributed by atoms with Crippen molar-refractivity contribution in [3.63, 3.8) is 0 Å². The Balaban J connectivity index is 1.95. The normalized spacial score (nSPS) is 23.4. The second kappa shape index (κ2) is 5.10. The number of hydrogen-bond donors (Lipinski definition) is 0. The summed E-state index contributed by atoms with van der Waals surface area (Å²) in [4.78, 5) is 15.5. The fourth-order valence-corrected chi connectivity index (χ4v) is 2.73. The zero-order valence-electron chi connectivity index (χ0n) is 11.0. The van der Waals surface area contributed by atoms with Gasteiger partial charge in [0.15, 0.2) is 0 Å². The van der Waals surface area contributed by atoms with Gasteiger partial charge in [-0.3, -0.25) is 9.78 Å². The molecule has 0 radical (unpaired) electrons. The summed E-state index contributed by atoms with van der Waals surface area (Å²) >= 11 is 0. The predicted molar refractivity (Wildman–Crippen MR) is 74.5 cm³/mol. The molecule has 1 aromatic carbocycles. The third-order valence-electron chi connectivity index (χ3n) is 3.77. The molecule has 0 saturated carbocycles. The lowest BCUT2D eigenvalue weighted by Gasteiger charge is -2.26. The van der Waals surface area contributed by atoms with Gasteiger partial charge >= 0.3 is 0 Å². The van der Waals surface area contributed by atoms with E-state index in [4.69, 9.17) is 9.72 Å². The standard InChI is InChI=1S/C16H17NO2/c1-11-8-14(6-7-19-11)16-5-3-13-9-12(10-18)2-4-15(13)17-16/h2-5,9-11,14H,6-8H2,1H3/t11-,14?/m0/s1. The molecule has 3 heteroatoms. The minimum atomic E-state index is 0.314. The highest BCUT2D eigenvalue weighted by Crippen LogP contribution is 2.29. The molecule has 2 heterocycles. The average molecular weight is 255 g/mol. The van der Waals surface area contributed by atoms with Crippen LogP contribution in [0.3, 0.4) is 0 Å². The lowest BCUT2D eigenvalue weighted by Crippen LogP contribution is -2.22. The van der Waals surface area contributed by atoms with Crippen LogP contribution < -0.4 is 0 Å². The predicted octanol–water partition coefficient (Wildman–Crippen LogP) is 3.33. The first kappa shape index (κ1) is 12.3. The van der Waals surface area contributed by atoms with Crippen LogP contribution in [0.2, 0.25) is 0 Å². The highest BCUT2D eigenvalue weighted by atomic mass is 16.5. The smallest absolute Gasteiger partial charge is 0.150 e. The maximum absolute atomic E-state index is 10.8. The van der Waals surface area contributed by atoms with Crippen LogP contribution in [-0.2, 0) is 4.74 Å². The third kappa shape index (κ3) is 2.51. The molecule has 1 aromatic heterocycles. The second-order valence-electron chi connectivity index (χ2n) is 5.21. The zero-order chi connectivity index (χ0) is 13.2. The van der Waals surface area contributed by atoms with Gasteiger partial charge in [0.1, 0.15) is 6.29 Å². The van der Waals surface area contributed by atoms with E-state index in [1.54, 1.807) is 0 Å². The van der Waals surface area contributed by atoms with E-state index in [0.717, 1.165) is 42.3 Å². The van der Waals surface area contributed by atoms with E-state index in [9.17, 15) is 4.79 Å². The van der Waals surface area contributed by atoms with E-state index >= 15 is 0 Å². The Hall–Kier alpha value is -1.74. The highest BCUT2D eigenvalue weighted by molar-refractivity contribution is 5.86. The number of aldehydes is 1. The van der Waals surface area contributed by atoms with Gasteiger partial charge in [-0.15, -0.1) is 0 Å². The van der Waals surface area contributed by atoms with Crippen molar-refractivity contribution in [1.29, 1.82) is 0 Å². The number of ether oxygens (including phenoxy) is 1. The van der Waals surface area contributed by atoms with Gasteiger partial charge in [0.25, 0.3) is 0 Å². The first-order valence-corrected chi connectivity index (χ1v) is 6.74. The van der Waals surface area contributed by atoms with Gasteiger partial charge in [-0.2, -0.15) is 0 Å². The van der Waals surface area contributed by atoms with Gasteiger partial charge in [0.2, 0.25) is 0 Å². The van der Waals surface area contributed by atoms with Gasteiger partial charge < -0.3 is 4.74 Å². The average Bonchev–Trinajstić information content (AvgIpc) is 2.46. The van der Waals surface area contributed by atoms with Crippen molar-refractivity contribution in [1.82, 2.24) is 4.98 Å². The van der Waals surface area contributed by atoms with Crippen LogP contribution in [0.25, 0.3) is 10.9 Å². The molecular weight excluding hydrogens is 238 g/mol. The van der Waals surface area contributed by atoms with Crippen molar-refractivity contribution in [2.45, 2.75) is 31.8 Å². The molecule has 0 amide bonds. The lowest BCUT2D eigenvalue weighted by molar-refractivity contribution is 0.0180. The van der Waals surface area contributed by atoms with E-state index in [0.29, 0.717) is 17.6 Å². The summed E-state index contributed by atoms with van der Waals surface area (Å²) in [6.45, 7) is 2.93. The summed E-state index contributed by atoms with van der Waals surface area (Å²) < 4.78 is 5.58. The molecule has 19 heavy (non-hydrogen) atoms. The summed E-state index contributed by atoms with van der Waals surface area (Å²) in [6, 6.07) is 9.76. The number of fused-ring (bicyclic) bond motifs is 1. The minimum Gasteiger partial charge on any atom is -0.378 e. The second-order valence-corrected chi connectivity index (χ2v) is 5.21. The van der Waals surface area contributed by atoms with Gasteiger partial charge in [-0.1, -0.05) is 6.07 Å². The van der Waals surface area contributed by atoms with Crippen LogP contribution in [0.1, 0.15) is 41.7 Å². The van der Waals surface area contributed by atoms with E-state index in [1.807, 2.05) is 18.2 Å². The van der Waals surface area contributed by atoms with Gasteiger partial charge in [0.05, 0.1) is 11.6 Å². The number of nitrogens with zero attached hydrogens (tertiary/aromatic N) is 1. The molecule has 1 saturated heterocycles. The van der Waals surface area contributed by atoms with Crippen LogP contribution in [-0.4, -0.2) is 24.0 Å². The third-order valence-corrected chi connectivity index (χ3v) is 3.77. The molecule has 1 aliphatic rings. The molecule has 0 aliphatic carbocycles. The quantitative estimate of drug-likeness (QED) is 0.773. The largest absolute Gasteiger partial charge is 0.378 e. The number of carbonyl (C=O) groups excluding carboxylic acids is 1. The maximum atomic E-state index is 10.8. The molecule has 0 spiro atoms. The molecule has 3 nitrogen and oxygen atoms in total. The first-order chi connectivity index (χ1) is 9.26. The van der Waals surface area contributed by atoms with Crippen molar-refractivity contribution in [2.24, 2.45) is 0 Å². The number of benzene rings is 1. The zero-order valence-corrected chi connectivity index (χ0v) is 11.0. The summed E-state index contributed by atoms with van der Waals surface area (Å²) in [5, 5.41) is 1.02. The molecule has 98 valence electrons. The first-order valence-electron chi connectivity index (χ1n) is 6.74. The Morgan fingerprint density at radius 1 is 1.32 bits per heavy atom. The molecule has 0 N–H and O–H groups in total. The molecule has 1 aliphatic heterocycles. The van der Waals surface area contributed by atoms with Crippen LogP contribution in [0.15, 0.2) is 30.3 Å². The molecular formula is C16H17NO2. The molecule has 0 bridgehead atoms. The number of hydrogen-bond acceptors (Lipinski definition) is 3. The minimum absolute atomic E-state index is 0.314. The Morgan fingerprint density at radius 3 is 3.00 bits per heavy atom. The maximum Gasteiger partial charge on any atom is 0.150 e. The van der Waals surface area contributed by atoms with Crippen LogP contribution in [0.5, 0.6) is 0 Å². The molecule has 1 fully saturated rings. The Morgan fingerprint density at radius 2 is 2.21 bits per heavy atom. The van der Waals surface area contributed by atoms with Gasteiger partial charge in [0, 0.05) is 29.2 Å². The summed E-state index contributed by atoms with van der Waals surface area (Å²) in [5.74, 6) is 0.485. The van der Waals surface area contributed by atoms with Crippen molar-refractivity contribution in [3.8, 4) is 0 Å². The van der Waals surface area contributed by atoms with Crippen LogP contribution in [0, 0.1) is 0 Å². The summed E-state index contributed by atoms with van der Waals surface area (Å²) in [6.07, 6.45) is 3.25. The fourth-order valence-electron chi connectivity index (χ4n) is 2.73. The number of rotatable bonds is 2. The Bertz CT molecular complexity index is 609. The van der Waals surface area contributed by atoms with Crippen molar-refractivity contribution < 1.29 is 9.53 Å². The van der Waals surface area contributed by atoms with Crippen molar-refractivity contribution in [3.05, 3.63) is 41.6 Å². The number of carbonyl (C=O) groups is 1. The molecule has 2 atom stereocenters. The lowest BCUT2D eigenvalue weighted by atomic mass is 9.92. The van der Waals surface area contributed by atoms with Crippen LogP contribution in [0.4, 0.5) is 0 Å². The van der Waals surface area contributed by atoms with Crippen molar-refractivity contribution >= 4 is 17.2 Å². The highest BCUT2D eigenvalue weighted by Gasteiger charge is 2.21. The van der Waals surface area contributed by atoms with Crippen molar-refractivity contribution in [2.75, 3.05) is 6.61 Å².